The summed E-state index contributed by atoms with van der Waals surface area (Å²) in [5, 5.41) is 20.0. The molecule has 4 rings (SSSR count). The Bertz CT molecular complexity index is 538. The summed E-state index contributed by atoms with van der Waals surface area (Å²) in [5.41, 5.74) is 2.99. The number of hydrogen-bond donors (Lipinski definition) is 2. The third-order valence-electron chi connectivity index (χ3n) is 6.66. The summed E-state index contributed by atoms with van der Waals surface area (Å²) in [7, 11) is 0. The smallest absolute Gasteiger partial charge is 0.115 e. The lowest BCUT2D eigenvalue weighted by molar-refractivity contribution is -0.0226. The number of hydrogen-bond acceptors (Lipinski definition) is 2. The molecule has 2 heteroatoms. The summed E-state index contributed by atoms with van der Waals surface area (Å²) in [5.74, 6) is 2.49. The molecule has 0 radical (unpaired) electrons. The van der Waals surface area contributed by atoms with Crippen LogP contribution in [0.2, 0.25) is 0 Å². The van der Waals surface area contributed by atoms with Gasteiger partial charge in [0, 0.05) is 0 Å². The number of benzene rings is 1. The third kappa shape index (κ3) is 1.60. The van der Waals surface area contributed by atoms with Gasteiger partial charge in [-0.1, -0.05) is 13.0 Å². The van der Waals surface area contributed by atoms with Crippen LogP contribution in [0.4, 0.5) is 0 Å². The van der Waals surface area contributed by atoms with E-state index in [1.54, 1.807) is 0 Å². The lowest BCUT2D eigenvalue weighted by atomic mass is 9.55. The maximum Gasteiger partial charge on any atom is 0.115 e. The molecule has 0 aromatic heterocycles. The molecule has 0 spiro atoms. The molecular formula is C18H24O2. The summed E-state index contributed by atoms with van der Waals surface area (Å²) < 4.78 is 0. The number of fused-ring (bicyclic) bond motifs is 5. The van der Waals surface area contributed by atoms with E-state index in [4.69, 9.17) is 0 Å². The first-order valence-electron chi connectivity index (χ1n) is 8.09. The van der Waals surface area contributed by atoms with Crippen LogP contribution in [0.3, 0.4) is 0 Å². The number of phenols is 1. The predicted molar refractivity (Wildman–Crippen MR) is 78.7 cm³/mol. The zero-order chi connectivity index (χ0) is 13.9. The maximum absolute atomic E-state index is 10.4. The quantitative estimate of drug-likeness (QED) is 0.757. The van der Waals surface area contributed by atoms with Crippen LogP contribution in [0, 0.1) is 17.3 Å². The molecule has 108 valence electrons. The normalized spacial score (nSPS) is 42.7. The number of aliphatic hydroxyl groups is 1. The van der Waals surface area contributed by atoms with Crippen molar-refractivity contribution in [1.82, 2.24) is 0 Å². The Morgan fingerprint density at radius 2 is 2.00 bits per heavy atom. The van der Waals surface area contributed by atoms with E-state index in [2.05, 4.69) is 13.0 Å². The fraction of sp³-hybridized carbons (Fsp3) is 0.667. The van der Waals surface area contributed by atoms with Crippen molar-refractivity contribution in [2.75, 3.05) is 0 Å². The van der Waals surface area contributed by atoms with Crippen LogP contribution in [0.1, 0.15) is 56.1 Å². The number of phenolic OH excluding ortho intramolecular Hbond substituents is 1. The molecule has 0 saturated heterocycles. The molecule has 3 aliphatic rings. The molecule has 2 saturated carbocycles. The molecule has 1 aromatic carbocycles. The number of rotatable bonds is 0. The Hall–Kier alpha value is -1.02. The van der Waals surface area contributed by atoms with Gasteiger partial charge in [-0.25, -0.2) is 0 Å². The van der Waals surface area contributed by atoms with Gasteiger partial charge in [0.2, 0.25) is 0 Å². The molecule has 0 amide bonds. The van der Waals surface area contributed by atoms with Crippen LogP contribution in [-0.4, -0.2) is 16.3 Å². The van der Waals surface area contributed by atoms with Crippen molar-refractivity contribution in [3.05, 3.63) is 29.3 Å². The summed E-state index contributed by atoms with van der Waals surface area (Å²) in [6.45, 7) is 2.32. The molecule has 20 heavy (non-hydrogen) atoms. The Morgan fingerprint density at radius 3 is 2.85 bits per heavy atom. The Morgan fingerprint density at radius 1 is 1.15 bits per heavy atom. The molecule has 2 N–H and O–H groups in total. The van der Waals surface area contributed by atoms with Gasteiger partial charge in [0.05, 0.1) is 6.10 Å². The van der Waals surface area contributed by atoms with E-state index in [9.17, 15) is 10.2 Å². The fourth-order valence-electron chi connectivity index (χ4n) is 5.54. The van der Waals surface area contributed by atoms with E-state index in [1.165, 1.54) is 30.4 Å². The molecule has 3 unspecified atom stereocenters. The molecule has 2 nitrogen and oxygen atoms in total. The van der Waals surface area contributed by atoms with E-state index < -0.39 is 0 Å². The van der Waals surface area contributed by atoms with Crippen molar-refractivity contribution in [2.45, 2.75) is 57.5 Å². The standard InChI is InChI=1S/C18H24O2/c1-18-9-8-14-13-5-3-12(19)10-11(13)2-4-15(14)16(18)6-7-17(18)20/h3,5,10,14-17,19-20H,2,4,6-9H2,1H3/t14?,15-,16?,17-,18?/m0/s1. The molecule has 1 aromatic rings. The number of aromatic hydroxyl groups is 1. The minimum atomic E-state index is -0.0883. The number of aliphatic hydroxyl groups excluding tert-OH is 1. The van der Waals surface area contributed by atoms with Crippen LogP contribution < -0.4 is 0 Å². The van der Waals surface area contributed by atoms with E-state index in [0.29, 0.717) is 17.6 Å². The second-order valence-electron chi connectivity index (χ2n) is 7.44. The second kappa shape index (κ2) is 4.24. The molecule has 0 aliphatic heterocycles. The summed E-state index contributed by atoms with van der Waals surface area (Å²) in [6.07, 6.45) is 6.78. The average Bonchev–Trinajstić information content (AvgIpc) is 2.74. The minimum absolute atomic E-state index is 0.0883. The maximum atomic E-state index is 10.4. The van der Waals surface area contributed by atoms with E-state index in [-0.39, 0.29) is 11.5 Å². The van der Waals surface area contributed by atoms with Crippen LogP contribution in [-0.2, 0) is 6.42 Å². The molecule has 5 atom stereocenters. The van der Waals surface area contributed by atoms with Gasteiger partial charge in [0.15, 0.2) is 0 Å². The Kier molecular flexibility index (Phi) is 2.69. The van der Waals surface area contributed by atoms with Gasteiger partial charge in [-0.3, -0.25) is 0 Å². The van der Waals surface area contributed by atoms with Gasteiger partial charge in [-0.2, -0.15) is 0 Å². The van der Waals surface area contributed by atoms with Crippen molar-refractivity contribution in [3.63, 3.8) is 0 Å². The zero-order valence-corrected chi connectivity index (χ0v) is 12.2. The summed E-state index contributed by atoms with van der Waals surface area (Å²) in [6, 6.07) is 5.96. The van der Waals surface area contributed by atoms with Crippen molar-refractivity contribution in [1.29, 1.82) is 0 Å². The van der Waals surface area contributed by atoms with Crippen LogP contribution in [0.15, 0.2) is 18.2 Å². The molecule has 2 fully saturated rings. The topological polar surface area (TPSA) is 40.5 Å². The molecular weight excluding hydrogens is 248 g/mol. The Balaban J connectivity index is 1.71. The molecule has 3 aliphatic carbocycles. The predicted octanol–water partition coefficient (Wildman–Crippen LogP) is 3.61. The van der Waals surface area contributed by atoms with Gasteiger partial charge < -0.3 is 10.2 Å². The lowest BCUT2D eigenvalue weighted by Crippen LogP contribution is -2.43. The van der Waals surface area contributed by atoms with Gasteiger partial charge in [0.25, 0.3) is 0 Å². The van der Waals surface area contributed by atoms with Gasteiger partial charge in [0.1, 0.15) is 5.75 Å². The van der Waals surface area contributed by atoms with Crippen molar-refractivity contribution in [3.8, 4) is 5.75 Å². The molecule has 0 bridgehead atoms. The summed E-state index contributed by atoms with van der Waals surface area (Å²) >= 11 is 0. The highest BCUT2D eigenvalue weighted by atomic mass is 16.3. The fourth-order valence-corrected chi connectivity index (χ4v) is 5.54. The zero-order valence-electron chi connectivity index (χ0n) is 12.2. The monoisotopic (exact) mass is 272 g/mol. The van der Waals surface area contributed by atoms with Crippen molar-refractivity contribution < 1.29 is 10.2 Å². The van der Waals surface area contributed by atoms with E-state index >= 15 is 0 Å². The van der Waals surface area contributed by atoms with Crippen LogP contribution in [0.25, 0.3) is 0 Å². The largest absolute Gasteiger partial charge is 0.508 e. The van der Waals surface area contributed by atoms with Crippen LogP contribution >= 0.6 is 0 Å². The summed E-state index contributed by atoms with van der Waals surface area (Å²) in [4.78, 5) is 0. The lowest BCUT2D eigenvalue weighted by Gasteiger charge is -2.50. The van der Waals surface area contributed by atoms with E-state index in [0.717, 1.165) is 25.2 Å². The van der Waals surface area contributed by atoms with Gasteiger partial charge in [-0.05, 0) is 85.0 Å². The van der Waals surface area contributed by atoms with Crippen molar-refractivity contribution >= 4 is 0 Å². The SMILES string of the molecule is CC12CCC3c4ccc(O)cc4CC[C@@H]3C1CC[C@@H]2O. The average molecular weight is 272 g/mol. The van der Waals surface area contributed by atoms with E-state index in [1.807, 2.05) is 12.1 Å². The third-order valence-corrected chi connectivity index (χ3v) is 6.66. The second-order valence-corrected chi connectivity index (χ2v) is 7.44. The highest BCUT2D eigenvalue weighted by Crippen LogP contribution is 2.60. The Labute approximate surface area is 120 Å². The highest BCUT2D eigenvalue weighted by Gasteiger charge is 2.54. The van der Waals surface area contributed by atoms with Crippen LogP contribution in [0.5, 0.6) is 5.75 Å². The first-order chi connectivity index (χ1) is 9.59. The van der Waals surface area contributed by atoms with Gasteiger partial charge >= 0.3 is 0 Å². The minimum Gasteiger partial charge on any atom is -0.508 e. The first-order valence-corrected chi connectivity index (χ1v) is 8.09. The van der Waals surface area contributed by atoms with Crippen molar-refractivity contribution in [2.24, 2.45) is 17.3 Å². The first kappa shape index (κ1) is 12.7. The van der Waals surface area contributed by atoms with Gasteiger partial charge in [-0.15, -0.1) is 0 Å². The highest BCUT2D eigenvalue weighted by molar-refractivity contribution is 5.40. The number of aryl methyl sites for hydroxylation is 1. The molecule has 0 heterocycles.